The van der Waals surface area contributed by atoms with Crippen molar-refractivity contribution in [1.29, 1.82) is 0 Å². The Hall–Kier alpha value is -0.620. The number of aliphatic imine (C=N–C) groups is 1. The Labute approximate surface area is 81.6 Å². The lowest BCUT2D eigenvalue weighted by molar-refractivity contribution is 0.677. The second-order valence-electron chi connectivity index (χ2n) is 2.67. The lowest BCUT2D eigenvalue weighted by Crippen LogP contribution is -2.42. The first-order valence-corrected chi connectivity index (χ1v) is 5.81. The van der Waals surface area contributed by atoms with Crippen LogP contribution in [0, 0.1) is 0 Å². The monoisotopic (exact) mass is 206 g/mol. The second kappa shape index (κ2) is 6.85. The van der Waals surface area contributed by atoms with Gasteiger partial charge in [0, 0.05) is 23.6 Å². The van der Waals surface area contributed by atoms with Gasteiger partial charge in [0.05, 0.1) is 11.8 Å². The van der Waals surface area contributed by atoms with Gasteiger partial charge in [0.15, 0.2) is 0 Å². The molecule has 4 N–H and O–H groups in total. The number of hydrogen-bond acceptors (Lipinski definition) is 3. The van der Waals surface area contributed by atoms with Crippen LogP contribution in [0.5, 0.6) is 0 Å². The first-order chi connectivity index (χ1) is 6.11. The maximum absolute atomic E-state index is 11.0. The van der Waals surface area contributed by atoms with Gasteiger partial charge in [0.2, 0.25) is 5.96 Å². The molecular weight excluding hydrogens is 188 g/mol. The Kier molecular flexibility index (Phi) is 6.52. The molecule has 0 aliphatic heterocycles. The van der Waals surface area contributed by atoms with Gasteiger partial charge in [-0.2, -0.15) is 0 Å². The minimum atomic E-state index is -0.836. The molecule has 0 amide bonds. The van der Waals surface area contributed by atoms with Crippen LogP contribution in [0.15, 0.2) is 4.99 Å². The molecule has 2 unspecified atom stereocenters. The van der Waals surface area contributed by atoms with Crippen molar-refractivity contribution < 1.29 is 4.21 Å². The fourth-order valence-electron chi connectivity index (χ4n) is 0.645. The summed E-state index contributed by atoms with van der Waals surface area (Å²) in [6.45, 7) is 5.11. The molecule has 6 heteroatoms. The van der Waals surface area contributed by atoms with E-state index >= 15 is 0 Å². The third-order valence-corrected chi connectivity index (χ3v) is 2.84. The molecule has 0 aromatic carbocycles. The van der Waals surface area contributed by atoms with Crippen molar-refractivity contribution in [2.24, 2.45) is 10.8 Å². The Morgan fingerprint density at radius 2 is 2.31 bits per heavy atom. The molecule has 13 heavy (non-hydrogen) atoms. The van der Waals surface area contributed by atoms with Gasteiger partial charge in [0.1, 0.15) is 0 Å². The lowest BCUT2D eigenvalue weighted by Gasteiger charge is -2.08. The molecule has 0 aliphatic rings. The van der Waals surface area contributed by atoms with Crippen LogP contribution in [0.4, 0.5) is 0 Å². The highest BCUT2D eigenvalue weighted by molar-refractivity contribution is 7.84. The fourth-order valence-corrected chi connectivity index (χ4v) is 0.929. The van der Waals surface area contributed by atoms with Gasteiger partial charge >= 0.3 is 0 Å². The highest BCUT2D eigenvalue weighted by Crippen LogP contribution is 1.92. The molecule has 0 heterocycles. The Morgan fingerprint density at radius 1 is 1.69 bits per heavy atom. The third-order valence-electron chi connectivity index (χ3n) is 1.55. The van der Waals surface area contributed by atoms with Gasteiger partial charge in [-0.25, -0.2) is 5.84 Å². The number of guanidine groups is 1. The number of rotatable bonds is 4. The van der Waals surface area contributed by atoms with E-state index in [-0.39, 0.29) is 5.25 Å². The summed E-state index contributed by atoms with van der Waals surface area (Å²) in [7, 11) is -0.836. The standard InChI is InChI=1S/C7H18N4OS/c1-4-9-7(11-8)10-5-6(2)13(3)12/h6H,4-5,8H2,1-3H3,(H2,9,10,11). The molecule has 78 valence electrons. The molecule has 2 atom stereocenters. The second-order valence-corrected chi connectivity index (χ2v) is 4.48. The molecule has 0 saturated heterocycles. The van der Waals surface area contributed by atoms with Crippen molar-refractivity contribution in [3.05, 3.63) is 0 Å². The van der Waals surface area contributed by atoms with Crippen LogP contribution in [0.3, 0.4) is 0 Å². The van der Waals surface area contributed by atoms with Crippen molar-refractivity contribution in [2.45, 2.75) is 19.1 Å². The zero-order valence-corrected chi connectivity index (χ0v) is 9.15. The summed E-state index contributed by atoms with van der Waals surface area (Å²) in [6, 6.07) is 0. The van der Waals surface area contributed by atoms with Gasteiger partial charge in [-0.15, -0.1) is 0 Å². The minimum Gasteiger partial charge on any atom is -0.356 e. The summed E-state index contributed by atoms with van der Waals surface area (Å²) in [5, 5.41) is 3.00. The van der Waals surface area contributed by atoms with Crippen LogP contribution in [0.1, 0.15) is 13.8 Å². The maximum atomic E-state index is 11.0. The predicted molar refractivity (Wildman–Crippen MR) is 56.8 cm³/mol. The predicted octanol–water partition coefficient (Wildman–Crippen LogP) is -0.818. The van der Waals surface area contributed by atoms with Gasteiger partial charge in [-0.1, -0.05) is 0 Å². The Morgan fingerprint density at radius 3 is 2.69 bits per heavy atom. The summed E-state index contributed by atoms with van der Waals surface area (Å²) in [4.78, 5) is 4.13. The molecule has 0 aromatic rings. The lowest BCUT2D eigenvalue weighted by atomic mass is 10.5. The largest absolute Gasteiger partial charge is 0.356 e. The molecule has 0 saturated carbocycles. The number of nitrogens with zero attached hydrogens (tertiary/aromatic N) is 1. The summed E-state index contributed by atoms with van der Waals surface area (Å²) in [5.41, 5.74) is 2.44. The van der Waals surface area contributed by atoms with Crippen molar-refractivity contribution >= 4 is 16.8 Å². The zero-order valence-electron chi connectivity index (χ0n) is 8.33. The van der Waals surface area contributed by atoms with E-state index in [1.807, 2.05) is 13.8 Å². The molecule has 0 bridgehead atoms. The highest BCUT2D eigenvalue weighted by atomic mass is 32.2. The molecule has 0 aromatic heterocycles. The van der Waals surface area contributed by atoms with E-state index in [4.69, 9.17) is 5.84 Å². The van der Waals surface area contributed by atoms with E-state index in [9.17, 15) is 4.21 Å². The fraction of sp³-hybridized carbons (Fsp3) is 0.857. The van der Waals surface area contributed by atoms with Crippen LogP contribution in [0.25, 0.3) is 0 Å². The molecule has 5 nitrogen and oxygen atoms in total. The van der Waals surface area contributed by atoms with Crippen LogP contribution < -0.4 is 16.6 Å². The quantitative estimate of drug-likeness (QED) is 0.243. The summed E-state index contributed by atoms with van der Waals surface area (Å²) in [6.07, 6.45) is 1.67. The SMILES string of the molecule is CCNC(=NCC(C)S(C)=O)NN. The van der Waals surface area contributed by atoms with E-state index in [1.165, 1.54) is 0 Å². The molecule has 0 spiro atoms. The van der Waals surface area contributed by atoms with Crippen LogP contribution >= 0.6 is 0 Å². The van der Waals surface area contributed by atoms with Gasteiger partial charge in [0.25, 0.3) is 0 Å². The molecule has 0 fully saturated rings. The number of nitrogens with two attached hydrogens (primary N) is 1. The number of nitrogens with one attached hydrogen (secondary N) is 2. The van der Waals surface area contributed by atoms with Crippen molar-refractivity contribution in [2.75, 3.05) is 19.3 Å². The van der Waals surface area contributed by atoms with Gasteiger partial charge in [-0.05, 0) is 13.8 Å². The summed E-state index contributed by atoms with van der Waals surface area (Å²) < 4.78 is 11.0. The van der Waals surface area contributed by atoms with E-state index in [1.54, 1.807) is 6.26 Å². The molecule has 0 aliphatic carbocycles. The summed E-state index contributed by atoms with van der Waals surface area (Å²) in [5.74, 6) is 5.74. The molecule has 0 rings (SSSR count). The first-order valence-electron chi connectivity index (χ1n) is 4.19. The molecule has 0 radical (unpaired) electrons. The van der Waals surface area contributed by atoms with Crippen molar-refractivity contribution in [3.8, 4) is 0 Å². The smallest absolute Gasteiger partial charge is 0.205 e. The van der Waals surface area contributed by atoms with Crippen LogP contribution in [0.2, 0.25) is 0 Å². The summed E-state index contributed by atoms with van der Waals surface area (Å²) >= 11 is 0. The van der Waals surface area contributed by atoms with E-state index in [2.05, 4.69) is 15.7 Å². The topological polar surface area (TPSA) is 79.5 Å². The normalized spacial score (nSPS) is 16.5. The van der Waals surface area contributed by atoms with Crippen LogP contribution in [-0.4, -0.2) is 34.8 Å². The zero-order chi connectivity index (χ0) is 10.3. The van der Waals surface area contributed by atoms with Crippen molar-refractivity contribution in [3.63, 3.8) is 0 Å². The van der Waals surface area contributed by atoms with E-state index < -0.39 is 10.8 Å². The number of hydrogen-bond donors (Lipinski definition) is 3. The number of hydrazine groups is 1. The Bertz CT molecular complexity index is 195. The highest BCUT2D eigenvalue weighted by Gasteiger charge is 2.04. The first kappa shape index (κ1) is 12.4. The average Bonchev–Trinajstić information content (AvgIpc) is 2.11. The Balaban J connectivity index is 3.97. The molecular formula is C7H18N4OS. The van der Waals surface area contributed by atoms with Gasteiger partial charge < -0.3 is 5.32 Å². The van der Waals surface area contributed by atoms with Crippen molar-refractivity contribution in [1.82, 2.24) is 10.7 Å². The van der Waals surface area contributed by atoms with Gasteiger partial charge in [-0.3, -0.25) is 14.6 Å². The van der Waals surface area contributed by atoms with E-state index in [0.29, 0.717) is 12.5 Å². The third kappa shape index (κ3) is 5.59. The maximum Gasteiger partial charge on any atom is 0.205 e. The van der Waals surface area contributed by atoms with Crippen LogP contribution in [-0.2, 0) is 10.8 Å². The average molecular weight is 206 g/mol. The minimum absolute atomic E-state index is 0.0574. The van der Waals surface area contributed by atoms with E-state index in [0.717, 1.165) is 6.54 Å².